The van der Waals surface area contributed by atoms with E-state index in [1.165, 1.54) is 6.20 Å². The maximum Gasteiger partial charge on any atom is 0.416 e. The Morgan fingerprint density at radius 3 is 2.84 bits per heavy atom. The Balaban J connectivity index is 2.21. The first-order chi connectivity index (χ1) is 8.90. The molecule has 19 heavy (non-hydrogen) atoms. The van der Waals surface area contributed by atoms with Crippen LogP contribution in [0.15, 0.2) is 18.3 Å². The minimum Gasteiger partial charge on any atom is -0.370 e. The summed E-state index contributed by atoms with van der Waals surface area (Å²) in [6, 6.07) is 2.02. The molecule has 1 fully saturated rings. The van der Waals surface area contributed by atoms with E-state index < -0.39 is 11.7 Å². The number of rotatable bonds is 2. The van der Waals surface area contributed by atoms with Crippen LogP contribution in [0, 0.1) is 0 Å². The first-order valence-electron chi connectivity index (χ1n) is 5.89. The maximum absolute atomic E-state index is 12.7. The van der Waals surface area contributed by atoms with Crippen molar-refractivity contribution in [2.45, 2.75) is 25.3 Å². The summed E-state index contributed by atoms with van der Waals surface area (Å²) in [7, 11) is 0. The van der Waals surface area contributed by atoms with Crippen LogP contribution in [0.25, 0.3) is 0 Å². The Labute approximate surface area is 114 Å². The van der Waals surface area contributed by atoms with Crippen molar-refractivity contribution in [1.82, 2.24) is 4.98 Å². The van der Waals surface area contributed by atoms with E-state index in [-0.39, 0.29) is 12.2 Å². The Morgan fingerprint density at radius 1 is 1.47 bits per heavy atom. The highest BCUT2D eigenvalue weighted by Gasteiger charge is 2.32. The van der Waals surface area contributed by atoms with Crippen molar-refractivity contribution < 1.29 is 17.9 Å². The van der Waals surface area contributed by atoms with Gasteiger partial charge in [-0.25, -0.2) is 4.98 Å². The lowest BCUT2D eigenvalue weighted by atomic mass is 10.2. The number of hydrogen-bond acceptors (Lipinski definition) is 3. The molecular weight excluding hydrogens is 281 g/mol. The molecule has 106 valence electrons. The van der Waals surface area contributed by atoms with Crippen molar-refractivity contribution in [2.75, 3.05) is 23.9 Å². The Kier molecular flexibility index (Phi) is 4.20. The van der Waals surface area contributed by atoms with Crippen molar-refractivity contribution in [1.29, 1.82) is 0 Å². The number of anilines is 1. The molecule has 1 aromatic heterocycles. The molecular formula is C12H14ClF3N2O. The summed E-state index contributed by atoms with van der Waals surface area (Å²) in [5.41, 5.74) is -0.695. The van der Waals surface area contributed by atoms with E-state index in [9.17, 15) is 13.2 Å². The van der Waals surface area contributed by atoms with Crippen LogP contribution in [0.5, 0.6) is 0 Å². The molecule has 0 saturated carbocycles. The zero-order chi connectivity index (χ0) is 14.0. The van der Waals surface area contributed by atoms with Crippen molar-refractivity contribution in [3.8, 4) is 0 Å². The molecule has 0 radical (unpaired) electrons. The first kappa shape index (κ1) is 14.4. The molecule has 0 aromatic carbocycles. The lowest BCUT2D eigenvalue weighted by Crippen LogP contribution is -2.47. The molecule has 1 aliphatic rings. The van der Waals surface area contributed by atoms with Crippen LogP contribution < -0.4 is 4.90 Å². The summed E-state index contributed by atoms with van der Waals surface area (Å²) in [6.07, 6.45) is -3.47. The van der Waals surface area contributed by atoms with E-state index in [0.29, 0.717) is 24.8 Å². The molecule has 1 aromatic rings. The van der Waals surface area contributed by atoms with E-state index >= 15 is 0 Å². The molecule has 2 atom stereocenters. The third-order valence-electron chi connectivity index (χ3n) is 2.90. The molecule has 0 bridgehead atoms. The van der Waals surface area contributed by atoms with Crippen LogP contribution in [0.1, 0.15) is 12.5 Å². The van der Waals surface area contributed by atoms with Gasteiger partial charge in [0.05, 0.1) is 23.7 Å². The molecule has 2 heterocycles. The number of nitrogens with zero attached hydrogens (tertiary/aromatic N) is 2. The molecule has 2 rings (SSSR count). The number of ether oxygens (including phenoxy) is 1. The highest BCUT2D eigenvalue weighted by molar-refractivity contribution is 6.18. The second kappa shape index (κ2) is 5.54. The van der Waals surface area contributed by atoms with E-state index in [4.69, 9.17) is 16.3 Å². The minimum atomic E-state index is -4.36. The highest BCUT2D eigenvalue weighted by Crippen LogP contribution is 2.31. The van der Waals surface area contributed by atoms with Crippen LogP contribution in [-0.4, -0.2) is 36.2 Å². The normalized spacial score (nSPS) is 24.6. The van der Waals surface area contributed by atoms with Crippen LogP contribution in [0.2, 0.25) is 0 Å². The number of alkyl halides is 4. The number of aromatic nitrogens is 1. The Bertz CT molecular complexity index is 441. The molecule has 2 unspecified atom stereocenters. The average molecular weight is 295 g/mol. The number of halogens is 4. The molecule has 1 saturated heterocycles. The highest BCUT2D eigenvalue weighted by atomic mass is 35.5. The van der Waals surface area contributed by atoms with Gasteiger partial charge in [0, 0.05) is 19.3 Å². The summed E-state index contributed by atoms with van der Waals surface area (Å²) in [5.74, 6) is 0.611. The zero-order valence-corrected chi connectivity index (χ0v) is 11.1. The van der Waals surface area contributed by atoms with E-state index in [2.05, 4.69) is 4.98 Å². The van der Waals surface area contributed by atoms with Crippen LogP contribution in [0.3, 0.4) is 0 Å². The molecule has 0 amide bonds. The fourth-order valence-electron chi connectivity index (χ4n) is 2.09. The number of morpholine rings is 1. The van der Waals surface area contributed by atoms with Gasteiger partial charge in [-0.3, -0.25) is 0 Å². The molecule has 3 nitrogen and oxygen atoms in total. The van der Waals surface area contributed by atoms with E-state index in [1.807, 2.05) is 6.92 Å². The minimum absolute atomic E-state index is 0.0890. The van der Waals surface area contributed by atoms with Gasteiger partial charge in [-0.05, 0) is 19.1 Å². The van der Waals surface area contributed by atoms with Crippen molar-refractivity contribution in [3.63, 3.8) is 0 Å². The quantitative estimate of drug-likeness (QED) is 0.784. The van der Waals surface area contributed by atoms with E-state index in [0.717, 1.165) is 12.1 Å². The zero-order valence-electron chi connectivity index (χ0n) is 10.3. The lowest BCUT2D eigenvalue weighted by Gasteiger charge is -2.36. The van der Waals surface area contributed by atoms with Gasteiger partial charge in [0.2, 0.25) is 0 Å². The third-order valence-corrected chi connectivity index (χ3v) is 3.24. The van der Waals surface area contributed by atoms with Gasteiger partial charge < -0.3 is 9.64 Å². The molecule has 0 spiro atoms. The second-order valence-corrected chi connectivity index (χ2v) is 4.84. The maximum atomic E-state index is 12.7. The predicted octanol–water partition coefficient (Wildman–Crippen LogP) is 2.93. The molecule has 1 aliphatic heterocycles. The van der Waals surface area contributed by atoms with Crippen molar-refractivity contribution >= 4 is 17.4 Å². The molecule has 0 aliphatic carbocycles. The van der Waals surface area contributed by atoms with Gasteiger partial charge in [-0.15, -0.1) is 11.6 Å². The van der Waals surface area contributed by atoms with Gasteiger partial charge in [0.25, 0.3) is 0 Å². The average Bonchev–Trinajstić information content (AvgIpc) is 2.37. The summed E-state index contributed by atoms with van der Waals surface area (Å²) in [6.45, 7) is 2.81. The van der Waals surface area contributed by atoms with Gasteiger partial charge in [0.1, 0.15) is 5.82 Å². The Hall–Kier alpha value is -1.01. The fourth-order valence-corrected chi connectivity index (χ4v) is 2.26. The summed E-state index contributed by atoms with van der Waals surface area (Å²) in [4.78, 5) is 5.78. The first-order valence-corrected chi connectivity index (χ1v) is 6.43. The smallest absolute Gasteiger partial charge is 0.370 e. The Morgan fingerprint density at radius 2 is 2.21 bits per heavy atom. The van der Waals surface area contributed by atoms with Gasteiger partial charge in [-0.1, -0.05) is 0 Å². The van der Waals surface area contributed by atoms with Gasteiger partial charge in [0.15, 0.2) is 0 Å². The van der Waals surface area contributed by atoms with Gasteiger partial charge in [-0.2, -0.15) is 13.2 Å². The topological polar surface area (TPSA) is 25.4 Å². The monoisotopic (exact) mass is 294 g/mol. The fraction of sp³-hybridized carbons (Fsp3) is 0.583. The lowest BCUT2D eigenvalue weighted by molar-refractivity contribution is -0.137. The standard InChI is InChI=1S/C12H14ClF3N2O/c1-8-6-18(7-10(5-13)19-8)11-4-9(2-3-17-11)12(14,15)16/h2-4,8,10H,5-7H2,1H3. The third kappa shape index (κ3) is 3.51. The molecule has 7 heteroatoms. The predicted molar refractivity (Wildman–Crippen MR) is 66.5 cm³/mol. The van der Waals surface area contributed by atoms with Crippen molar-refractivity contribution in [3.05, 3.63) is 23.9 Å². The molecule has 0 N–H and O–H groups in total. The second-order valence-electron chi connectivity index (χ2n) is 4.53. The number of pyridine rings is 1. The van der Waals surface area contributed by atoms with E-state index in [1.54, 1.807) is 4.90 Å². The summed E-state index contributed by atoms with van der Waals surface area (Å²) >= 11 is 5.75. The van der Waals surface area contributed by atoms with Crippen LogP contribution in [0.4, 0.5) is 19.0 Å². The SMILES string of the molecule is CC1CN(c2cc(C(F)(F)F)ccn2)CC(CCl)O1. The van der Waals surface area contributed by atoms with Crippen LogP contribution in [-0.2, 0) is 10.9 Å². The number of hydrogen-bond donors (Lipinski definition) is 0. The van der Waals surface area contributed by atoms with Gasteiger partial charge >= 0.3 is 6.18 Å². The largest absolute Gasteiger partial charge is 0.416 e. The van der Waals surface area contributed by atoms with Crippen LogP contribution >= 0.6 is 11.6 Å². The summed E-state index contributed by atoms with van der Waals surface area (Å²) in [5, 5.41) is 0. The van der Waals surface area contributed by atoms with Crippen molar-refractivity contribution in [2.24, 2.45) is 0 Å². The summed E-state index contributed by atoms with van der Waals surface area (Å²) < 4.78 is 43.5.